The maximum atomic E-state index is 5.95. The van der Waals surface area contributed by atoms with Crippen molar-refractivity contribution in [2.45, 2.75) is 56.0 Å². The lowest BCUT2D eigenvalue weighted by molar-refractivity contribution is 0.0947. The van der Waals surface area contributed by atoms with E-state index in [0.717, 1.165) is 6.42 Å². The van der Waals surface area contributed by atoms with Gasteiger partial charge in [0.05, 0.1) is 0 Å². The molecule has 3 heteroatoms. The molecule has 110 valence electrons. The number of hydrogen-bond donors (Lipinski definition) is 2. The summed E-state index contributed by atoms with van der Waals surface area (Å²) in [6, 6.07) is 9.24. The Morgan fingerprint density at radius 2 is 2.00 bits per heavy atom. The van der Waals surface area contributed by atoms with E-state index in [1.165, 1.54) is 37.7 Å². The van der Waals surface area contributed by atoms with Crippen LogP contribution in [-0.4, -0.2) is 30.6 Å². The van der Waals surface area contributed by atoms with Gasteiger partial charge in [0.2, 0.25) is 0 Å². The van der Waals surface area contributed by atoms with Gasteiger partial charge in [0.25, 0.3) is 0 Å². The van der Waals surface area contributed by atoms with Crippen molar-refractivity contribution in [2.75, 3.05) is 14.1 Å². The summed E-state index contributed by atoms with van der Waals surface area (Å²) < 4.78 is 0. The van der Waals surface area contributed by atoms with E-state index < -0.39 is 0 Å². The third-order valence-corrected chi connectivity index (χ3v) is 5.69. The Morgan fingerprint density at radius 3 is 2.60 bits per heavy atom. The van der Waals surface area contributed by atoms with Crippen molar-refractivity contribution in [3.63, 3.8) is 0 Å². The molecule has 1 saturated carbocycles. The van der Waals surface area contributed by atoms with Crippen LogP contribution in [0, 0.1) is 0 Å². The van der Waals surface area contributed by atoms with E-state index in [1.54, 1.807) is 5.56 Å². The SMILES string of the molecule is CN(C)C1(C(CC2Cc3ccccc32)NN)CCCC1. The summed E-state index contributed by atoms with van der Waals surface area (Å²) in [4.78, 5) is 2.41. The first-order valence-corrected chi connectivity index (χ1v) is 7.89. The molecule has 1 aromatic carbocycles. The Labute approximate surface area is 122 Å². The smallest absolute Gasteiger partial charge is 0.0400 e. The number of rotatable bonds is 5. The van der Waals surface area contributed by atoms with Crippen molar-refractivity contribution in [2.24, 2.45) is 5.84 Å². The molecule has 3 nitrogen and oxygen atoms in total. The van der Waals surface area contributed by atoms with Crippen LogP contribution in [0.25, 0.3) is 0 Å². The maximum absolute atomic E-state index is 5.95. The molecule has 0 radical (unpaired) electrons. The van der Waals surface area contributed by atoms with Crippen LogP contribution in [0.2, 0.25) is 0 Å². The molecule has 0 aromatic heterocycles. The first kappa shape index (κ1) is 14.1. The highest BCUT2D eigenvalue weighted by molar-refractivity contribution is 5.40. The Kier molecular flexibility index (Phi) is 3.85. The molecule has 3 N–H and O–H groups in total. The van der Waals surface area contributed by atoms with Crippen molar-refractivity contribution in [3.8, 4) is 0 Å². The normalized spacial score (nSPS) is 25.3. The molecule has 0 saturated heterocycles. The predicted octanol–water partition coefficient (Wildman–Crippen LogP) is 2.42. The van der Waals surface area contributed by atoms with Crippen molar-refractivity contribution < 1.29 is 0 Å². The van der Waals surface area contributed by atoms with Gasteiger partial charge in [-0.15, -0.1) is 0 Å². The predicted molar refractivity (Wildman–Crippen MR) is 83.5 cm³/mol. The molecule has 0 heterocycles. The molecule has 20 heavy (non-hydrogen) atoms. The minimum absolute atomic E-state index is 0.249. The van der Waals surface area contributed by atoms with Crippen molar-refractivity contribution in [1.29, 1.82) is 0 Å². The van der Waals surface area contributed by atoms with Gasteiger partial charge in [0.15, 0.2) is 0 Å². The third kappa shape index (κ3) is 2.18. The minimum Gasteiger partial charge on any atom is -0.302 e. The first-order valence-electron chi connectivity index (χ1n) is 7.89. The maximum Gasteiger partial charge on any atom is 0.0400 e. The van der Waals surface area contributed by atoms with Gasteiger partial charge in [0, 0.05) is 11.6 Å². The van der Waals surface area contributed by atoms with E-state index in [1.807, 2.05) is 0 Å². The molecule has 2 unspecified atom stereocenters. The number of fused-ring (bicyclic) bond motifs is 1. The quantitative estimate of drug-likeness (QED) is 0.639. The molecule has 3 rings (SSSR count). The van der Waals surface area contributed by atoms with Crippen molar-refractivity contribution in [1.82, 2.24) is 10.3 Å². The molecule has 2 aliphatic carbocycles. The average molecular weight is 273 g/mol. The summed E-state index contributed by atoms with van der Waals surface area (Å²) in [6.07, 6.45) is 7.57. The number of nitrogens with two attached hydrogens (primary N) is 1. The van der Waals surface area contributed by atoms with Crippen molar-refractivity contribution in [3.05, 3.63) is 35.4 Å². The number of benzene rings is 1. The zero-order valence-electron chi connectivity index (χ0n) is 12.7. The van der Waals surface area contributed by atoms with Gasteiger partial charge in [-0.1, -0.05) is 37.1 Å². The minimum atomic E-state index is 0.249. The van der Waals surface area contributed by atoms with Gasteiger partial charge in [-0.3, -0.25) is 11.3 Å². The Bertz CT molecular complexity index is 463. The summed E-state index contributed by atoms with van der Waals surface area (Å²) in [5.74, 6) is 6.63. The summed E-state index contributed by atoms with van der Waals surface area (Å²) >= 11 is 0. The van der Waals surface area contributed by atoms with Crippen LogP contribution in [0.1, 0.15) is 49.1 Å². The highest BCUT2D eigenvalue weighted by Crippen LogP contribution is 2.43. The topological polar surface area (TPSA) is 41.3 Å². The van der Waals surface area contributed by atoms with Gasteiger partial charge in [-0.25, -0.2) is 0 Å². The average Bonchev–Trinajstić information content (AvgIpc) is 2.91. The molecule has 2 aliphatic rings. The molecule has 1 aromatic rings. The van der Waals surface area contributed by atoms with E-state index >= 15 is 0 Å². The van der Waals surface area contributed by atoms with Crippen LogP contribution in [-0.2, 0) is 6.42 Å². The standard InChI is InChI=1S/C17H27N3/c1-20(2)17(9-5-6-10-17)16(19-18)12-14-11-13-7-3-4-8-15(13)14/h3-4,7-8,14,16,19H,5-6,9-12,18H2,1-2H3. The second-order valence-electron chi connectivity index (χ2n) is 6.76. The number of likely N-dealkylation sites (N-methyl/N-ethyl adjacent to an activating group) is 1. The summed E-state index contributed by atoms with van der Waals surface area (Å²) in [6.45, 7) is 0. The number of hydrogen-bond acceptors (Lipinski definition) is 3. The third-order valence-electron chi connectivity index (χ3n) is 5.69. The Hall–Kier alpha value is -0.900. The molecule has 0 amide bonds. The molecule has 2 atom stereocenters. The molecule has 0 bridgehead atoms. The highest BCUT2D eigenvalue weighted by atomic mass is 15.3. The fourth-order valence-corrected chi connectivity index (χ4v) is 4.39. The van der Waals surface area contributed by atoms with Gasteiger partial charge >= 0.3 is 0 Å². The number of hydrazine groups is 1. The van der Waals surface area contributed by atoms with Crippen LogP contribution in [0.5, 0.6) is 0 Å². The fraction of sp³-hybridized carbons (Fsp3) is 0.647. The first-order chi connectivity index (χ1) is 9.67. The lowest BCUT2D eigenvalue weighted by Gasteiger charge is -2.45. The van der Waals surface area contributed by atoms with Crippen LogP contribution in [0.3, 0.4) is 0 Å². The molecule has 1 fully saturated rings. The highest BCUT2D eigenvalue weighted by Gasteiger charge is 2.44. The number of nitrogens with one attached hydrogen (secondary N) is 1. The van der Waals surface area contributed by atoms with E-state index in [9.17, 15) is 0 Å². The van der Waals surface area contributed by atoms with E-state index in [-0.39, 0.29) is 5.54 Å². The van der Waals surface area contributed by atoms with E-state index in [2.05, 4.69) is 48.7 Å². The largest absolute Gasteiger partial charge is 0.302 e. The zero-order chi connectivity index (χ0) is 14.2. The van der Waals surface area contributed by atoms with Crippen LogP contribution < -0.4 is 11.3 Å². The molecule has 0 spiro atoms. The van der Waals surface area contributed by atoms with Gasteiger partial charge in [-0.05, 0) is 56.8 Å². The van der Waals surface area contributed by atoms with E-state index in [4.69, 9.17) is 5.84 Å². The zero-order valence-corrected chi connectivity index (χ0v) is 12.7. The lowest BCUT2D eigenvalue weighted by atomic mass is 9.71. The van der Waals surface area contributed by atoms with Crippen molar-refractivity contribution >= 4 is 0 Å². The summed E-state index contributed by atoms with van der Waals surface area (Å²) in [7, 11) is 4.43. The number of nitrogens with zero attached hydrogens (tertiary/aromatic N) is 1. The monoisotopic (exact) mass is 273 g/mol. The summed E-state index contributed by atoms with van der Waals surface area (Å²) in [5.41, 5.74) is 6.47. The van der Waals surface area contributed by atoms with E-state index in [0.29, 0.717) is 12.0 Å². The van der Waals surface area contributed by atoms with Gasteiger partial charge in [0.1, 0.15) is 0 Å². The molecule has 0 aliphatic heterocycles. The molecular weight excluding hydrogens is 246 g/mol. The summed E-state index contributed by atoms with van der Waals surface area (Å²) in [5, 5.41) is 0. The Balaban J connectivity index is 1.75. The molecular formula is C17H27N3. The van der Waals surface area contributed by atoms with Crippen LogP contribution in [0.4, 0.5) is 0 Å². The van der Waals surface area contributed by atoms with Gasteiger partial charge in [-0.2, -0.15) is 0 Å². The fourth-order valence-electron chi connectivity index (χ4n) is 4.39. The van der Waals surface area contributed by atoms with Crippen LogP contribution in [0.15, 0.2) is 24.3 Å². The second kappa shape index (κ2) is 5.47. The van der Waals surface area contributed by atoms with Gasteiger partial charge < -0.3 is 4.90 Å². The van der Waals surface area contributed by atoms with Crippen LogP contribution >= 0.6 is 0 Å². The lowest BCUT2D eigenvalue weighted by Crippen LogP contribution is -2.60. The second-order valence-corrected chi connectivity index (χ2v) is 6.76. The Morgan fingerprint density at radius 1 is 1.30 bits per heavy atom.